The summed E-state index contributed by atoms with van der Waals surface area (Å²) >= 11 is 0. The lowest BCUT2D eigenvalue weighted by molar-refractivity contribution is -0.255. The number of benzene rings is 3. The molecule has 2 heterocycles. The highest BCUT2D eigenvalue weighted by atomic mass is 16.5. The molecule has 1 aromatic heterocycles. The first-order valence-electron chi connectivity index (χ1n) is 9.56. The molecule has 3 aromatic carbocycles. The third-order valence-corrected chi connectivity index (χ3v) is 5.35. The van der Waals surface area contributed by atoms with Crippen LogP contribution in [0.4, 0.5) is 0 Å². The van der Waals surface area contributed by atoms with Gasteiger partial charge in [-0.25, -0.2) is 0 Å². The Morgan fingerprint density at radius 2 is 1.87 bits per heavy atom. The molecule has 0 saturated carbocycles. The summed E-state index contributed by atoms with van der Waals surface area (Å²) in [5, 5.41) is 14.9. The number of carboxylic acids is 1. The largest absolute Gasteiger partial charge is 0.545 e. The molecule has 0 fully saturated rings. The van der Waals surface area contributed by atoms with Crippen LogP contribution >= 0.6 is 0 Å². The lowest BCUT2D eigenvalue weighted by Crippen LogP contribution is -2.22. The number of hydrogen-bond donors (Lipinski definition) is 1. The maximum Gasteiger partial charge on any atom is 0.271 e. The first kappa shape index (κ1) is 18.0. The molecule has 0 saturated heterocycles. The van der Waals surface area contributed by atoms with Gasteiger partial charge in [-0.15, -0.1) is 0 Å². The number of nitrogens with zero attached hydrogens (tertiary/aromatic N) is 1. The number of para-hydroxylation sites is 1. The van der Waals surface area contributed by atoms with Crippen molar-refractivity contribution >= 4 is 22.4 Å². The molecule has 6 heteroatoms. The summed E-state index contributed by atoms with van der Waals surface area (Å²) in [6.07, 6.45) is 1.98. The monoisotopic (exact) mass is 397 g/mol. The van der Waals surface area contributed by atoms with Crippen LogP contribution in [-0.4, -0.2) is 15.7 Å². The molecule has 0 radical (unpaired) electrons. The number of allylic oxidation sites excluding steroid dienone is 1. The first-order chi connectivity index (χ1) is 14.6. The van der Waals surface area contributed by atoms with Gasteiger partial charge in [0, 0.05) is 5.56 Å². The number of ether oxygens (including phenoxy) is 1. The maximum absolute atomic E-state index is 12.2. The Balaban J connectivity index is 1.68. The average Bonchev–Trinajstić information content (AvgIpc) is 3.00. The number of nitrogens with one attached hydrogen (secondary N) is 1. The van der Waals surface area contributed by atoms with Gasteiger partial charge >= 0.3 is 0 Å². The molecule has 1 N–H and O–H groups in total. The smallest absolute Gasteiger partial charge is 0.271 e. The van der Waals surface area contributed by atoms with Gasteiger partial charge in [-0.3, -0.25) is 14.6 Å². The molecule has 0 aliphatic carbocycles. The number of fused-ring (bicyclic) bond motifs is 3. The zero-order valence-corrected chi connectivity index (χ0v) is 15.9. The predicted octanol–water partition coefficient (Wildman–Crippen LogP) is 2.72. The van der Waals surface area contributed by atoms with Crippen LogP contribution < -0.4 is 15.4 Å². The Hall–Kier alpha value is -4.06. The van der Waals surface area contributed by atoms with E-state index in [2.05, 4.69) is 5.10 Å². The van der Waals surface area contributed by atoms with E-state index >= 15 is 0 Å². The average molecular weight is 397 g/mol. The minimum Gasteiger partial charge on any atom is -0.545 e. The summed E-state index contributed by atoms with van der Waals surface area (Å²) in [5.74, 6) is -0.635. The van der Waals surface area contributed by atoms with Crippen LogP contribution in [0.2, 0.25) is 0 Å². The van der Waals surface area contributed by atoms with E-state index in [1.807, 2.05) is 48.5 Å². The van der Waals surface area contributed by atoms with Gasteiger partial charge in [0.2, 0.25) is 0 Å². The Morgan fingerprint density at radius 1 is 1.07 bits per heavy atom. The molecule has 0 bridgehead atoms. The van der Waals surface area contributed by atoms with Crippen LogP contribution in [0.3, 0.4) is 0 Å². The Bertz CT molecular complexity index is 1380. The fourth-order valence-electron chi connectivity index (χ4n) is 3.89. The van der Waals surface area contributed by atoms with E-state index in [-0.39, 0.29) is 11.1 Å². The second-order valence-corrected chi connectivity index (χ2v) is 7.13. The third kappa shape index (κ3) is 2.99. The highest BCUT2D eigenvalue weighted by molar-refractivity contribution is 5.91. The molecule has 0 spiro atoms. The van der Waals surface area contributed by atoms with E-state index in [1.54, 1.807) is 22.9 Å². The number of aromatic nitrogens is 2. The molecule has 148 valence electrons. The van der Waals surface area contributed by atoms with Crippen LogP contribution in [0.15, 0.2) is 77.6 Å². The number of hydrogen-bond acceptors (Lipinski definition) is 4. The molecule has 0 unspecified atom stereocenters. The summed E-state index contributed by atoms with van der Waals surface area (Å²) in [6.45, 7) is 0.788. The molecule has 1 aliphatic rings. The molecule has 5 rings (SSSR count). The molecule has 0 amide bonds. The highest BCUT2D eigenvalue weighted by Gasteiger charge is 2.19. The topological polar surface area (TPSA) is 87.1 Å². The molecule has 30 heavy (non-hydrogen) atoms. The number of carbonyl (C=O) groups is 1. The number of rotatable bonds is 3. The Morgan fingerprint density at radius 3 is 2.73 bits per heavy atom. The van der Waals surface area contributed by atoms with Gasteiger partial charge in [-0.2, -0.15) is 0 Å². The number of H-pyrrole nitrogens is 1. The fraction of sp³-hybridized carbons (Fsp3) is 0.0833. The second kappa shape index (κ2) is 7.08. The maximum atomic E-state index is 12.2. The van der Waals surface area contributed by atoms with E-state index in [9.17, 15) is 14.7 Å². The first-order valence-corrected chi connectivity index (χ1v) is 9.56. The van der Waals surface area contributed by atoms with E-state index in [1.165, 1.54) is 6.07 Å². The van der Waals surface area contributed by atoms with Gasteiger partial charge in [0.25, 0.3) is 5.56 Å². The fourth-order valence-corrected chi connectivity index (χ4v) is 3.89. The molecular formula is C24H17N2O4-. The third-order valence-electron chi connectivity index (χ3n) is 5.35. The number of aromatic carboxylic acids is 1. The molecule has 4 aromatic rings. The van der Waals surface area contributed by atoms with E-state index in [4.69, 9.17) is 4.74 Å². The van der Waals surface area contributed by atoms with Crippen molar-refractivity contribution in [3.63, 3.8) is 0 Å². The van der Waals surface area contributed by atoms with Crippen molar-refractivity contribution in [2.45, 2.75) is 13.2 Å². The van der Waals surface area contributed by atoms with E-state index in [0.717, 1.165) is 22.2 Å². The van der Waals surface area contributed by atoms with Crippen LogP contribution in [0, 0.1) is 0 Å². The van der Waals surface area contributed by atoms with Crippen molar-refractivity contribution in [2.24, 2.45) is 0 Å². The standard InChI is InChI=1S/C24H18N2O4/c27-23-19-7-3-4-8-21(19)26(25-23)12-11-18-17-6-2-1-5-16(17)14-30-22-10-9-15(24(28)29)13-20(18)22/h1-11,13H,12,14H2,(H,25,27)(H,28,29)/p-1/b18-11+. The summed E-state index contributed by atoms with van der Waals surface area (Å²) in [5.41, 5.74) is 4.24. The van der Waals surface area contributed by atoms with Crippen molar-refractivity contribution in [3.8, 4) is 5.75 Å². The highest BCUT2D eigenvalue weighted by Crippen LogP contribution is 2.37. The number of aromatic amines is 1. The van der Waals surface area contributed by atoms with Crippen LogP contribution in [0.25, 0.3) is 16.5 Å². The van der Waals surface area contributed by atoms with Crippen LogP contribution in [0.1, 0.15) is 27.0 Å². The Labute approximate surface area is 171 Å². The summed E-state index contributed by atoms with van der Waals surface area (Å²) in [7, 11) is 0. The summed E-state index contributed by atoms with van der Waals surface area (Å²) in [6, 6.07) is 20.0. The van der Waals surface area contributed by atoms with E-state index < -0.39 is 5.97 Å². The quantitative estimate of drug-likeness (QED) is 0.576. The van der Waals surface area contributed by atoms with Crippen molar-refractivity contribution in [2.75, 3.05) is 0 Å². The predicted molar refractivity (Wildman–Crippen MR) is 111 cm³/mol. The van der Waals surface area contributed by atoms with Gasteiger partial charge in [0.15, 0.2) is 0 Å². The van der Waals surface area contributed by atoms with Crippen molar-refractivity contribution in [1.82, 2.24) is 9.78 Å². The number of carbonyl (C=O) groups excluding carboxylic acids is 1. The summed E-state index contributed by atoms with van der Waals surface area (Å²) in [4.78, 5) is 23.7. The molecule has 0 atom stereocenters. The molecule has 1 aliphatic heterocycles. The normalized spacial score (nSPS) is 14.1. The molecule has 6 nitrogen and oxygen atoms in total. The van der Waals surface area contributed by atoms with Crippen LogP contribution in [0.5, 0.6) is 5.75 Å². The van der Waals surface area contributed by atoms with Crippen LogP contribution in [-0.2, 0) is 13.2 Å². The minimum atomic E-state index is -1.24. The van der Waals surface area contributed by atoms with Crippen molar-refractivity contribution in [3.05, 3.63) is 105 Å². The number of carboxylic acid groups (broad SMARTS) is 1. The zero-order valence-electron chi connectivity index (χ0n) is 15.9. The summed E-state index contributed by atoms with van der Waals surface area (Å²) < 4.78 is 7.73. The van der Waals surface area contributed by atoms with Crippen molar-refractivity contribution in [1.29, 1.82) is 0 Å². The van der Waals surface area contributed by atoms with Gasteiger partial charge in [-0.05, 0) is 52.6 Å². The van der Waals surface area contributed by atoms with Gasteiger partial charge < -0.3 is 14.6 Å². The zero-order chi connectivity index (χ0) is 20.7. The SMILES string of the molecule is O=C([O-])c1ccc2c(c1)/C(=C/Cn1[nH]c(=O)c3ccccc31)c1ccccc1CO2. The molecular weight excluding hydrogens is 380 g/mol. The van der Waals surface area contributed by atoms with E-state index in [0.29, 0.717) is 29.9 Å². The van der Waals surface area contributed by atoms with Crippen molar-refractivity contribution < 1.29 is 14.6 Å². The van der Waals surface area contributed by atoms with Gasteiger partial charge in [-0.1, -0.05) is 42.5 Å². The van der Waals surface area contributed by atoms with Gasteiger partial charge in [0.05, 0.1) is 23.4 Å². The lowest BCUT2D eigenvalue weighted by atomic mass is 9.93. The van der Waals surface area contributed by atoms with Gasteiger partial charge in [0.1, 0.15) is 12.4 Å². The minimum absolute atomic E-state index is 0.0856. The lowest BCUT2D eigenvalue weighted by Gasteiger charge is -2.13. The second-order valence-electron chi connectivity index (χ2n) is 7.13. The Kier molecular flexibility index (Phi) is 4.25.